The smallest absolute Gasteiger partial charge is 0.239 e. The van der Waals surface area contributed by atoms with Crippen LogP contribution in [-0.2, 0) is 11.3 Å². The normalized spacial score (nSPS) is 11.5. The molecule has 1 aromatic heterocycles. The molecule has 0 atom stereocenters. The number of aryl methyl sites for hydroxylation is 1. The number of rotatable bonds is 5. The third kappa shape index (κ3) is 5.74. The molecule has 3 N–H and O–H groups in total. The van der Waals surface area contributed by atoms with Crippen LogP contribution in [0, 0.1) is 6.92 Å². The molecule has 0 radical (unpaired) electrons. The predicted molar refractivity (Wildman–Crippen MR) is 80.5 cm³/mol. The van der Waals surface area contributed by atoms with E-state index in [1.807, 2.05) is 13.8 Å². The molecule has 0 spiro atoms. The fraction of sp³-hybridized carbons (Fsp3) is 0.538. The molecule has 6 heteroatoms. The maximum atomic E-state index is 11.5. The van der Waals surface area contributed by atoms with Gasteiger partial charge in [-0.3, -0.25) is 9.79 Å². The van der Waals surface area contributed by atoms with Crippen molar-refractivity contribution in [1.29, 1.82) is 0 Å². The molecule has 1 amide bonds. The van der Waals surface area contributed by atoms with E-state index in [4.69, 9.17) is 0 Å². The number of thiophene rings is 1. The number of hydrogen-bond donors (Lipinski definition) is 3. The summed E-state index contributed by atoms with van der Waals surface area (Å²) in [7, 11) is 1.69. The van der Waals surface area contributed by atoms with E-state index in [9.17, 15) is 4.79 Å². The maximum Gasteiger partial charge on any atom is 0.239 e. The minimum Gasteiger partial charge on any atom is -0.352 e. The SMILES string of the molecule is CN=C(NCC(=O)NC(C)C)NCc1sccc1C. The number of aliphatic imine (C=N–C) groups is 1. The number of hydrogen-bond acceptors (Lipinski definition) is 3. The molecule has 0 saturated heterocycles. The molecular weight excluding hydrogens is 260 g/mol. The van der Waals surface area contributed by atoms with E-state index in [1.54, 1.807) is 18.4 Å². The lowest BCUT2D eigenvalue weighted by molar-refractivity contribution is -0.120. The van der Waals surface area contributed by atoms with Gasteiger partial charge in [0.05, 0.1) is 13.1 Å². The summed E-state index contributed by atoms with van der Waals surface area (Å²) in [5.41, 5.74) is 1.27. The second kappa shape index (κ2) is 7.78. The zero-order chi connectivity index (χ0) is 14.3. The van der Waals surface area contributed by atoms with Crippen molar-refractivity contribution in [3.63, 3.8) is 0 Å². The number of carbonyl (C=O) groups excluding carboxylic acids is 1. The summed E-state index contributed by atoms with van der Waals surface area (Å²) >= 11 is 1.71. The zero-order valence-electron chi connectivity index (χ0n) is 11.9. The Kier molecular flexibility index (Phi) is 6.35. The predicted octanol–water partition coefficient (Wildman–Crippen LogP) is 1.25. The maximum absolute atomic E-state index is 11.5. The average molecular weight is 282 g/mol. The zero-order valence-corrected chi connectivity index (χ0v) is 12.7. The first-order valence-corrected chi connectivity index (χ1v) is 7.17. The highest BCUT2D eigenvalue weighted by Gasteiger charge is 2.05. The molecule has 0 unspecified atom stereocenters. The summed E-state index contributed by atoms with van der Waals surface area (Å²) in [6.45, 7) is 6.89. The fourth-order valence-corrected chi connectivity index (χ4v) is 2.35. The molecule has 0 aromatic carbocycles. The van der Waals surface area contributed by atoms with E-state index in [2.05, 4.69) is 39.3 Å². The lowest BCUT2D eigenvalue weighted by Crippen LogP contribution is -2.44. The van der Waals surface area contributed by atoms with Crippen LogP contribution in [0.5, 0.6) is 0 Å². The van der Waals surface area contributed by atoms with Gasteiger partial charge in [0.25, 0.3) is 0 Å². The van der Waals surface area contributed by atoms with Gasteiger partial charge in [-0.2, -0.15) is 0 Å². The van der Waals surface area contributed by atoms with Crippen molar-refractivity contribution >= 4 is 23.2 Å². The van der Waals surface area contributed by atoms with Crippen LogP contribution in [0.4, 0.5) is 0 Å². The first kappa shape index (κ1) is 15.5. The lowest BCUT2D eigenvalue weighted by Gasteiger charge is -2.13. The van der Waals surface area contributed by atoms with Crippen LogP contribution in [-0.4, -0.2) is 31.5 Å². The minimum absolute atomic E-state index is 0.0368. The van der Waals surface area contributed by atoms with Crippen molar-refractivity contribution < 1.29 is 4.79 Å². The molecule has 1 rings (SSSR count). The largest absolute Gasteiger partial charge is 0.352 e. The Morgan fingerprint density at radius 3 is 2.68 bits per heavy atom. The molecule has 106 valence electrons. The minimum atomic E-state index is -0.0368. The molecule has 0 saturated carbocycles. The van der Waals surface area contributed by atoms with Crippen LogP contribution in [0.2, 0.25) is 0 Å². The Bertz CT molecular complexity index is 440. The molecule has 0 fully saturated rings. The van der Waals surface area contributed by atoms with Gasteiger partial charge in [-0.05, 0) is 37.8 Å². The average Bonchev–Trinajstić information content (AvgIpc) is 2.74. The van der Waals surface area contributed by atoms with E-state index < -0.39 is 0 Å². The first-order valence-electron chi connectivity index (χ1n) is 6.29. The van der Waals surface area contributed by atoms with Crippen molar-refractivity contribution in [2.75, 3.05) is 13.6 Å². The van der Waals surface area contributed by atoms with Crippen LogP contribution in [0.25, 0.3) is 0 Å². The van der Waals surface area contributed by atoms with Crippen LogP contribution in [0.3, 0.4) is 0 Å². The molecule has 0 aliphatic rings. The van der Waals surface area contributed by atoms with Gasteiger partial charge in [0.1, 0.15) is 0 Å². The highest BCUT2D eigenvalue weighted by molar-refractivity contribution is 7.10. The highest BCUT2D eigenvalue weighted by atomic mass is 32.1. The molecule has 1 aromatic rings. The van der Waals surface area contributed by atoms with E-state index in [0.717, 1.165) is 6.54 Å². The van der Waals surface area contributed by atoms with Crippen LogP contribution in [0.1, 0.15) is 24.3 Å². The number of amides is 1. The number of carbonyl (C=O) groups is 1. The third-order valence-corrected chi connectivity index (χ3v) is 3.50. The summed E-state index contributed by atoms with van der Waals surface area (Å²) in [5.74, 6) is 0.594. The van der Waals surface area contributed by atoms with Crippen molar-refractivity contribution in [3.8, 4) is 0 Å². The standard InChI is InChI=1S/C13H22N4OS/c1-9(2)17-12(18)8-16-13(14-4)15-7-11-10(3)5-6-19-11/h5-6,9H,7-8H2,1-4H3,(H,17,18)(H2,14,15,16). The number of nitrogens with one attached hydrogen (secondary N) is 3. The van der Waals surface area contributed by atoms with Gasteiger partial charge < -0.3 is 16.0 Å². The van der Waals surface area contributed by atoms with Gasteiger partial charge in [-0.25, -0.2) is 0 Å². The molecular formula is C13H22N4OS. The Balaban J connectivity index is 2.35. The van der Waals surface area contributed by atoms with Crippen molar-refractivity contribution in [3.05, 3.63) is 21.9 Å². The quantitative estimate of drug-likeness (QED) is 0.562. The monoisotopic (exact) mass is 282 g/mol. The van der Waals surface area contributed by atoms with Gasteiger partial charge in [0.2, 0.25) is 5.91 Å². The van der Waals surface area contributed by atoms with Gasteiger partial charge in [-0.1, -0.05) is 0 Å². The van der Waals surface area contributed by atoms with Crippen molar-refractivity contribution in [1.82, 2.24) is 16.0 Å². The number of nitrogens with zero attached hydrogens (tertiary/aromatic N) is 1. The molecule has 19 heavy (non-hydrogen) atoms. The van der Waals surface area contributed by atoms with Crippen LogP contribution < -0.4 is 16.0 Å². The van der Waals surface area contributed by atoms with E-state index in [0.29, 0.717) is 5.96 Å². The Morgan fingerprint density at radius 1 is 1.42 bits per heavy atom. The van der Waals surface area contributed by atoms with Gasteiger partial charge in [-0.15, -0.1) is 11.3 Å². The second-order valence-corrected chi connectivity index (χ2v) is 5.53. The second-order valence-electron chi connectivity index (χ2n) is 4.53. The molecule has 0 aliphatic carbocycles. The van der Waals surface area contributed by atoms with Gasteiger partial charge in [0.15, 0.2) is 5.96 Å². The van der Waals surface area contributed by atoms with Gasteiger partial charge >= 0.3 is 0 Å². The van der Waals surface area contributed by atoms with Crippen LogP contribution >= 0.6 is 11.3 Å². The molecule has 0 aliphatic heterocycles. The molecule has 1 heterocycles. The summed E-state index contributed by atoms with van der Waals surface area (Å²) in [4.78, 5) is 16.9. The Hall–Kier alpha value is -1.56. The summed E-state index contributed by atoms with van der Waals surface area (Å²) in [6, 6.07) is 2.24. The molecule has 5 nitrogen and oxygen atoms in total. The topological polar surface area (TPSA) is 65.5 Å². The highest BCUT2D eigenvalue weighted by Crippen LogP contribution is 2.14. The summed E-state index contributed by atoms with van der Waals surface area (Å²) in [5, 5.41) is 11.1. The number of guanidine groups is 1. The van der Waals surface area contributed by atoms with Crippen molar-refractivity contribution in [2.24, 2.45) is 4.99 Å². The fourth-order valence-electron chi connectivity index (χ4n) is 1.51. The van der Waals surface area contributed by atoms with E-state index in [-0.39, 0.29) is 18.5 Å². The third-order valence-electron chi connectivity index (χ3n) is 2.47. The first-order chi connectivity index (χ1) is 9.02. The Morgan fingerprint density at radius 2 is 2.16 bits per heavy atom. The van der Waals surface area contributed by atoms with E-state index >= 15 is 0 Å². The Labute approximate surface area is 118 Å². The summed E-state index contributed by atoms with van der Waals surface area (Å²) in [6.07, 6.45) is 0. The lowest BCUT2D eigenvalue weighted by atomic mass is 10.3. The van der Waals surface area contributed by atoms with Crippen molar-refractivity contribution in [2.45, 2.75) is 33.4 Å². The molecule has 0 bridgehead atoms. The van der Waals surface area contributed by atoms with Crippen LogP contribution in [0.15, 0.2) is 16.4 Å². The van der Waals surface area contributed by atoms with E-state index in [1.165, 1.54) is 10.4 Å². The summed E-state index contributed by atoms with van der Waals surface area (Å²) < 4.78 is 0. The van der Waals surface area contributed by atoms with Gasteiger partial charge in [0, 0.05) is 18.0 Å².